The first-order valence-electron chi connectivity index (χ1n) is 8.01. The molecule has 25 heavy (non-hydrogen) atoms. The van der Waals surface area contributed by atoms with Crippen molar-refractivity contribution < 1.29 is 27.1 Å². The number of methoxy groups -OCH3 is 1. The molecule has 0 aromatic heterocycles. The lowest BCUT2D eigenvalue weighted by Crippen LogP contribution is -2.29. The quantitative estimate of drug-likeness (QED) is 0.575. The van der Waals surface area contributed by atoms with Gasteiger partial charge in [-0.1, -0.05) is 0 Å². The van der Waals surface area contributed by atoms with Gasteiger partial charge < -0.3 is 10.1 Å². The van der Waals surface area contributed by atoms with Gasteiger partial charge in [0.15, 0.2) is 0 Å². The molecular formula is C16H21FN2O5S. The molecule has 2 rings (SSSR count). The molecule has 1 fully saturated rings. The van der Waals surface area contributed by atoms with Gasteiger partial charge in [0, 0.05) is 31.6 Å². The Hall–Kier alpha value is -2.00. The molecule has 9 heteroatoms. The van der Waals surface area contributed by atoms with Crippen LogP contribution in [0, 0.1) is 5.82 Å². The summed E-state index contributed by atoms with van der Waals surface area (Å²) in [6.07, 6.45) is 2.02. The fraction of sp³-hybridized carbons (Fsp3) is 0.500. The zero-order valence-corrected chi connectivity index (χ0v) is 14.8. The van der Waals surface area contributed by atoms with Crippen LogP contribution in [-0.4, -0.2) is 51.3 Å². The molecule has 1 aliphatic heterocycles. The zero-order valence-electron chi connectivity index (χ0n) is 14.0. The van der Waals surface area contributed by atoms with E-state index in [0.717, 1.165) is 25.0 Å². The number of carbonyl (C=O) groups excluding carboxylic acids is 2. The van der Waals surface area contributed by atoms with Crippen LogP contribution in [-0.2, 0) is 19.6 Å². The largest absolute Gasteiger partial charge is 0.469 e. The third-order valence-corrected chi connectivity index (χ3v) is 5.86. The molecule has 0 radical (unpaired) electrons. The summed E-state index contributed by atoms with van der Waals surface area (Å²) in [4.78, 5) is 22.6. The molecule has 1 aliphatic rings. The van der Waals surface area contributed by atoms with E-state index < -0.39 is 26.6 Å². The molecule has 0 saturated carbocycles. The highest BCUT2D eigenvalue weighted by Crippen LogP contribution is 2.24. The van der Waals surface area contributed by atoms with Crippen LogP contribution in [0.25, 0.3) is 0 Å². The van der Waals surface area contributed by atoms with Crippen molar-refractivity contribution in [2.45, 2.75) is 30.6 Å². The molecule has 1 heterocycles. The number of hydrogen-bond acceptors (Lipinski definition) is 5. The summed E-state index contributed by atoms with van der Waals surface area (Å²) in [5.74, 6) is -1.79. The van der Waals surface area contributed by atoms with Crippen LogP contribution in [0.4, 0.5) is 4.39 Å². The molecule has 0 spiro atoms. The molecule has 0 bridgehead atoms. The molecule has 1 saturated heterocycles. The molecule has 1 aromatic carbocycles. The van der Waals surface area contributed by atoms with E-state index in [-0.39, 0.29) is 24.5 Å². The van der Waals surface area contributed by atoms with Crippen molar-refractivity contribution >= 4 is 21.9 Å². The van der Waals surface area contributed by atoms with E-state index in [4.69, 9.17) is 0 Å². The fourth-order valence-electron chi connectivity index (χ4n) is 2.55. The molecule has 1 N–H and O–H groups in total. The van der Waals surface area contributed by atoms with Gasteiger partial charge in [-0.25, -0.2) is 12.8 Å². The normalized spacial score (nSPS) is 15.1. The predicted molar refractivity (Wildman–Crippen MR) is 88.0 cm³/mol. The lowest BCUT2D eigenvalue weighted by atomic mass is 10.2. The second-order valence-electron chi connectivity index (χ2n) is 5.69. The fourth-order valence-corrected chi connectivity index (χ4v) is 4.16. The Kier molecular flexibility index (Phi) is 6.49. The van der Waals surface area contributed by atoms with Crippen molar-refractivity contribution in [2.24, 2.45) is 0 Å². The summed E-state index contributed by atoms with van der Waals surface area (Å²) in [6, 6.07) is 3.26. The number of hydrogen-bond donors (Lipinski definition) is 1. The lowest BCUT2D eigenvalue weighted by Gasteiger charge is -2.16. The smallest absolute Gasteiger partial charge is 0.305 e. The summed E-state index contributed by atoms with van der Waals surface area (Å²) in [6.45, 7) is 0.928. The Labute approximate surface area is 146 Å². The lowest BCUT2D eigenvalue weighted by molar-refractivity contribution is -0.140. The summed E-state index contributed by atoms with van der Waals surface area (Å²) in [5.41, 5.74) is 0.0530. The van der Waals surface area contributed by atoms with Crippen LogP contribution >= 0.6 is 0 Å². The number of esters is 1. The van der Waals surface area contributed by atoms with Gasteiger partial charge in [-0.3, -0.25) is 9.59 Å². The van der Waals surface area contributed by atoms with Gasteiger partial charge in [-0.15, -0.1) is 0 Å². The first-order chi connectivity index (χ1) is 11.9. The molecule has 0 unspecified atom stereocenters. The van der Waals surface area contributed by atoms with Gasteiger partial charge in [0.1, 0.15) is 10.7 Å². The van der Waals surface area contributed by atoms with E-state index in [1.54, 1.807) is 0 Å². The minimum absolute atomic E-state index is 0.0530. The third kappa shape index (κ3) is 4.76. The second kappa shape index (κ2) is 8.39. The third-order valence-electron chi connectivity index (χ3n) is 3.95. The standard InChI is InChI=1S/C16H21FN2O5S/c1-24-15(20)5-4-8-18-16(21)12-6-7-13(17)14(11-12)25(22,23)19-9-2-3-10-19/h6-7,11H,2-5,8-10H2,1H3,(H,18,21). The molecule has 1 amide bonds. The number of nitrogens with one attached hydrogen (secondary N) is 1. The van der Waals surface area contributed by atoms with Gasteiger partial charge in [0.05, 0.1) is 7.11 Å². The number of amides is 1. The van der Waals surface area contributed by atoms with Crippen molar-refractivity contribution in [3.05, 3.63) is 29.6 Å². The number of rotatable bonds is 7. The van der Waals surface area contributed by atoms with Crippen LogP contribution in [0.5, 0.6) is 0 Å². The summed E-state index contributed by atoms with van der Waals surface area (Å²) >= 11 is 0. The maximum atomic E-state index is 14.0. The van der Waals surface area contributed by atoms with Gasteiger partial charge in [0.25, 0.3) is 5.91 Å². The van der Waals surface area contributed by atoms with Crippen LogP contribution in [0.15, 0.2) is 23.1 Å². The summed E-state index contributed by atoms with van der Waals surface area (Å²) in [7, 11) is -2.67. The van der Waals surface area contributed by atoms with Crippen molar-refractivity contribution in [1.82, 2.24) is 9.62 Å². The summed E-state index contributed by atoms with van der Waals surface area (Å²) in [5, 5.41) is 2.57. The number of nitrogens with zero attached hydrogens (tertiary/aromatic N) is 1. The molecule has 0 atom stereocenters. The molecule has 0 aliphatic carbocycles. The van der Waals surface area contributed by atoms with E-state index in [0.29, 0.717) is 19.5 Å². The van der Waals surface area contributed by atoms with Crippen molar-refractivity contribution in [3.8, 4) is 0 Å². The predicted octanol–water partition coefficient (Wildman–Crippen LogP) is 1.29. The van der Waals surface area contributed by atoms with Crippen LogP contribution < -0.4 is 5.32 Å². The van der Waals surface area contributed by atoms with E-state index in [9.17, 15) is 22.4 Å². The van der Waals surface area contributed by atoms with Gasteiger partial charge in [-0.2, -0.15) is 4.31 Å². The minimum Gasteiger partial charge on any atom is -0.469 e. The second-order valence-corrected chi connectivity index (χ2v) is 7.60. The summed E-state index contributed by atoms with van der Waals surface area (Å²) < 4.78 is 44.7. The average molecular weight is 372 g/mol. The molecular weight excluding hydrogens is 351 g/mol. The SMILES string of the molecule is COC(=O)CCCNC(=O)c1ccc(F)c(S(=O)(=O)N2CCCC2)c1. The van der Waals surface area contributed by atoms with Crippen molar-refractivity contribution in [1.29, 1.82) is 0 Å². The van der Waals surface area contributed by atoms with Gasteiger partial charge in [0.2, 0.25) is 10.0 Å². The zero-order chi connectivity index (χ0) is 18.4. The van der Waals surface area contributed by atoms with Gasteiger partial charge in [-0.05, 0) is 37.5 Å². The average Bonchev–Trinajstić information content (AvgIpc) is 3.14. The van der Waals surface area contributed by atoms with E-state index >= 15 is 0 Å². The van der Waals surface area contributed by atoms with E-state index in [2.05, 4.69) is 10.1 Å². The Bertz CT molecular complexity index is 745. The molecule has 1 aromatic rings. The number of sulfonamides is 1. The van der Waals surface area contributed by atoms with Crippen LogP contribution in [0.1, 0.15) is 36.0 Å². The van der Waals surface area contributed by atoms with Crippen LogP contribution in [0.2, 0.25) is 0 Å². The maximum absolute atomic E-state index is 14.0. The molecule has 138 valence electrons. The van der Waals surface area contributed by atoms with Crippen molar-refractivity contribution in [3.63, 3.8) is 0 Å². The highest BCUT2D eigenvalue weighted by atomic mass is 32.2. The first kappa shape index (κ1) is 19.3. The highest BCUT2D eigenvalue weighted by molar-refractivity contribution is 7.89. The highest BCUT2D eigenvalue weighted by Gasteiger charge is 2.30. The Morgan fingerprint density at radius 3 is 2.60 bits per heavy atom. The Balaban J connectivity index is 2.07. The number of halogens is 1. The maximum Gasteiger partial charge on any atom is 0.305 e. The monoisotopic (exact) mass is 372 g/mol. The Morgan fingerprint density at radius 1 is 1.28 bits per heavy atom. The first-order valence-corrected chi connectivity index (χ1v) is 9.45. The topological polar surface area (TPSA) is 92.8 Å². The number of carbonyl (C=O) groups is 2. The van der Waals surface area contributed by atoms with E-state index in [1.165, 1.54) is 17.5 Å². The Morgan fingerprint density at radius 2 is 1.96 bits per heavy atom. The van der Waals surface area contributed by atoms with E-state index in [1.807, 2.05) is 0 Å². The number of benzene rings is 1. The number of ether oxygens (including phenoxy) is 1. The van der Waals surface area contributed by atoms with Crippen molar-refractivity contribution in [2.75, 3.05) is 26.7 Å². The van der Waals surface area contributed by atoms with Crippen LogP contribution in [0.3, 0.4) is 0 Å². The minimum atomic E-state index is -3.95. The molecule has 7 nitrogen and oxygen atoms in total. The van der Waals surface area contributed by atoms with Gasteiger partial charge >= 0.3 is 5.97 Å².